The molecule has 0 saturated heterocycles. The van der Waals surface area contributed by atoms with E-state index in [4.69, 9.17) is 4.42 Å². The van der Waals surface area contributed by atoms with Crippen LogP contribution in [0, 0.1) is 5.92 Å². The van der Waals surface area contributed by atoms with Gasteiger partial charge in [-0.2, -0.15) is 0 Å². The summed E-state index contributed by atoms with van der Waals surface area (Å²) in [6, 6.07) is 7.89. The zero-order valence-corrected chi connectivity index (χ0v) is 13.1. The van der Waals surface area contributed by atoms with Gasteiger partial charge in [0, 0.05) is 11.4 Å². The second kappa shape index (κ2) is 5.60. The van der Waals surface area contributed by atoms with Crippen molar-refractivity contribution in [1.82, 2.24) is 5.32 Å². The minimum absolute atomic E-state index is 0.104. The van der Waals surface area contributed by atoms with Crippen LogP contribution in [0.15, 0.2) is 33.2 Å². The van der Waals surface area contributed by atoms with Crippen molar-refractivity contribution < 1.29 is 9.21 Å². The number of halogens is 1. The summed E-state index contributed by atoms with van der Waals surface area (Å²) in [5.74, 6) is 1.07. The zero-order chi connectivity index (χ0) is 14.1. The second-order valence-corrected chi connectivity index (χ2v) is 6.55. The highest BCUT2D eigenvalue weighted by molar-refractivity contribution is 9.10. The van der Waals surface area contributed by atoms with E-state index >= 15 is 0 Å². The van der Waals surface area contributed by atoms with E-state index in [-0.39, 0.29) is 11.9 Å². The molecule has 0 spiro atoms. The lowest BCUT2D eigenvalue weighted by Crippen LogP contribution is -2.37. The van der Waals surface area contributed by atoms with Crippen LogP contribution in [0.1, 0.15) is 43.2 Å². The van der Waals surface area contributed by atoms with Crippen molar-refractivity contribution in [1.29, 1.82) is 0 Å². The first kappa shape index (κ1) is 13.7. The van der Waals surface area contributed by atoms with Gasteiger partial charge in [0.25, 0.3) is 5.91 Å². The fourth-order valence-corrected chi connectivity index (χ4v) is 3.26. The summed E-state index contributed by atoms with van der Waals surface area (Å²) >= 11 is 3.44. The molecule has 0 aliphatic heterocycles. The van der Waals surface area contributed by atoms with Crippen molar-refractivity contribution >= 4 is 32.8 Å². The van der Waals surface area contributed by atoms with Gasteiger partial charge < -0.3 is 9.73 Å². The lowest BCUT2D eigenvalue weighted by Gasteiger charge is -2.26. The molecule has 1 aliphatic carbocycles. The monoisotopic (exact) mass is 335 g/mol. The van der Waals surface area contributed by atoms with Crippen LogP contribution in [0.3, 0.4) is 0 Å². The first-order valence-electron chi connectivity index (χ1n) is 7.12. The standard InChI is InChI=1S/C16H18BrNO2/c1-10-5-7-12(8-6-10)18-16(19)14-9-11-3-2-4-13(17)15(11)20-14/h2-4,9-10,12H,5-8H2,1H3,(H,18,19). The zero-order valence-electron chi connectivity index (χ0n) is 11.5. The third-order valence-electron chi connectivity index (χ3n) is 4.07. The van der Waals surface area contributed by atoms with Crippen LogP contribution in [0.4, 0.5) is 0 Å². The number of hydrogen-bond acceptors (Lipinski definition) is 2. The summed E-state index contributed by atoms with van der Waals surface area (Å²) in [6.45, 7) is 2.27. The largest absolute Gasteiger partial charge is 0.450 e. The highest BCUT2D eigenvalue weighted by atomic mass is 79.9. The van der Waals surface area contributed by atoms with E-state index in [2.05, 4.69) is 28.2 Å². The van der Waals surface area contributed by atoms with Crippen molar-refractivity contribution in [2.75, 3.05) is 0 Å². The lowest BCUT2D eigenvalue weighted by molar-refractivity contribution is 0.0897. The van der Waals surface area contributed by atoms with Gasteiger partial charge in [-0.3, -0.25) is 4.79 Å². The van der Waals surface area contributed by atoms with E-state index in [0.717, 1.165) is 34.2 Å². The van der Waals surface area contributed by atoms with Gasteiger partial charge in [-0.1, -0.05) is 19.1 Å². The number of hydrogen-bond donors (Lipinski definition) is 1. The van der Waals surface area contributed by atoms with Gasteiger partial charge in [-0.15, -0.1) is 0 Å². The van der Waals surface area contributed by atoms with E-state index in [1.54, 1.807) is 6.07 Å². The molecule has 1 fully saturated rings. The Balaban J connectivity index is 1.74. The van der Waals surface area contributed by atoms with Crippen LogP contribution in [0.2, 0.25) is 0 Å². The third-order valence-corrected chi connectivity index (χ3v) is 4.70. The Labute approximate surface area is 126 Å². The normalized spacial score (nSPS) is 22.9. The number of amides is 1. The number of nitrogens with one attached hydrogen (secondary N) is 1. The molecule has 4 heteroatoms. The molecule has 20 heavy (non-hydrogen) atoms. The van der Waals surface area contributed by atoms with Gasteiger partial charge in [-0.25, -0.2) is 0 Å². The summed E-state index contributed by atoms with van der Waals surface area (Å²) in [6.07, 6.45) is 4.51. The molecule has 1 aromatic carbocycles. The topological polar surface area (TPSA) is 42.2 Å². The van der Waals surface area contributed by atoms with Gasteiger partial charge in [0.2, 0.25) is 0 Å². The van der Waals surface area contributed by atoms with E-state index < -0.39 is 0 Å². The first-order valence-corrected chi connectivity index (χ1v) is 7.91. The molecule has 1 saturated carbocycles. The van der Waals surface area contributed by atoms with E-state index in [9.17, 15) is 4.79 Å². The third kappa shape index (κ3) is 2.75. The van der Waals surface area contributed by atoms with Gasteiger partial charge in [-0.05, 0) is 59.7 Å². The molecule has 0 unspecified atom stereocenters. The predicted octanol–water partition coefficient (Wildman–Crippen LogP) is 4.50. The molecule has 1 aliphatic rings. The molecule has 106 valence electrons. The molecule has 1 amide bonds. The van der Waals surface area contributed by atoms with Gasteiger partial charge in [0.1, 0.15) is 5.58 Å². The Kier molecular flexibility index (Phi) is 3.83. The molecule has 2 aromatic rings. The van der Waals surface area contributed by atoms with Crippen molar-refractivity contribution in [3.63, 3.8) is 0 Å². The summed E-state index contributed by atoms with van der Waals surface area (Å²) in [4.78, 5) is 12.3. The Hall–Kier alpha value is -1.29. The Bertz CT molecular complexity index is 626. The minimum Gasteiger partial charge on any atom is -0.450 e. The summed E-state index contributed by atoms with van der Waals surface area (Å²) in [5, 5.41) is 4.03. The second-order valence-electron chi connectivity index (χ2n) is 5.70. The van der Waals surface area contributed by atoms with E-state index in [1.807, 2.05) is 18.2 Å². The van der Waals surface area contributed by atoms with Crippen LogP contribution < -0.4 is 5.32 Å². The summed E-state index contributed by atoms with van der Waals surface area (Å²) < 4.78 is 6.54. The molecule has 0 bridgehead atoms. The lowest BCUT2D eigenvalue weighted by atomic mass is 9.87. The average Bonchev–Trinajstić information content (AvgIpc) is 2.87. The molecular weight excluding hydrogens is 318 g/mol. The number of furan rings is 1. The smallest absolute Gasteiger partial charge is 0.287 e. The van der Waals surface area contributed by atoms with Crippen molar-refractivity contribution in [2.24, 2.45) is 5.92 Å². The Morgan fingerprint density at radius 1 is 1.30 bits per heavy atom. The quantitative estimate of drug-likeness (QED) is 0.877. The van der Waals surface area contributed by atoms with E-state index in [0.29, 0.717) is 5.76 Å². The number of fused-ring (bicyclic) bond motifs is 1. The van der Waals surface area contributed by atoms with Crippen molar-refractivity contribution in [3.8, 4) is 0 Å². The van der Waals surface area contributed by atoms with Crippen LogP contribution in [0.5, 0.6) is 0 Å². The van der Waals surface area contributed by atoms with Crippen LogP contribution in [0.25, 0.3) is 11.0 Å². The first-order chi connectivity index (χ1) is 9.63. The molecule has 0 atom stereocenters. The molecule has 1 aromatic heterocycles. The van der Waals surface area contributed by atoms with Gasteiger partial charge in [0.05, 0.1) is 4.47 Å². The molecule has 0 radical (unpaired) electrons. The summed E-state index contributed by atoms with van der Waals surface area (Å²) in [5.41, 5.74) is 0.731. The fraction of sp³-hybridized carbons (Fsp3) is 0.438. The van der Waals surface area contributed by atoms with Gasteiger partial charge >= 0.3 is 0 Å². The maximum absolute atomic E-state index is 12.3. The van der Waals surface area contributed by atoms with Crippen molar-refractivity contribution in [3.05, 3.63) is 34.5 Å². The predicted molar refractivity (Wildman–Crippen MR) is 82.8 cm³/mol. The van der Waals surface area contributed by atoms with Crippen LogP contribution >= 0.6 is 15.9 Å². The van der Waals surface area contributed by atoms with Crippen LogP contribution in [-0.4, -0.2) is 11.9 Å². The number of carbonyl (C=O) groups is 1. The number of carbonyl (C=O) groups excluding carboxylic acids is 1. The SMILES string of the molecule is CC1CCC(NC(=O)c2cc3cccc(Br)c3o2)CC1. The highest BCUT2D eigenvalue weighted by Gasteiger charge is 2.22. The molecule has 1 N–H and O–H groups in total. The average molecular weight is 336 g/mol. The minimum atomic E-state index is -0.104. The maximum atomic E-state index is 12.3. The number of rotatable bonds is 2. The number of para-hydroxylation sites is 1. The van der Waals surface area contributed by atoms with Crippen molar-refractivity contribution in [2.45, 2.75) is 38.6 Å². The molecule has 3 nitrogen and oxygen atoms in total. The molecule has 3 rings (SSSR count). The highest BCUT2D eigenvalue weighted by Crippen LogP contribution is 2.28. The molecule has 1 heterocycles. The van der Waals surface area contributed by atoms with E-state index in [1.165, 1.54) is 12.8 Å². The number of benzene rings is 1. The molecular formula is C16H18BrNO2. The van der Waals surface area contributed by atoms with Crippen LogP contribution in [-0.2, 0) is 0 Å². The fourth-order valence-electron chi connectivity index (χ4n) is 2.80. The maximum Gasteiger partial charge on any atom is 0.287 e. The Morgan fingerprint density at radius 2 is 2.05 bits per heavy atom. The summed E-state index contributed by atoms with van der Waals surface area (Å²) in [7, 11) is 0. The Morgan fingerprint density at radius 3 is 2.75 bits per heavy atom. The van der Waals surface area contributed by atoms with Gasteiger partial charge in [0.15, 0.2) is 5.76 Å².